The highest BCUT2D eigenvalue weighted by atomic mass is 16.5. The van der Waals surface area contributed by atoms with Crippen LogP contribution < -0.4 is 5.73 Å². The molecule has 5 heteroatoms. The van der Waals surface area contributed by atoms with E-state index in [-0.39, 0.29) is 5.91 Å². The summed E-state index contributed by atoms with van der Waals surface area (Å²) in [5.74, 6) is -0.212. The maximum absolute atomic E-state index is 11.4. The number of aliphatic hydroxyl groups is 2. The highest BCUT2D eigenvalue weighted by molar-refractivity contribution is 5.81. The molecule has 5 nitrogen and oxygen atoms in total. The molecular formula is C8H16N2O3. The highest BCUT2D eigenvalue weighted by Crippen LogP contribution is 2.19. The number of amides is 1. The molecule has 1 aliphatic heterocycles. The predicted octanol–water partition coefficient (Wildman–Crippen LogP) is -1.36. The molecule has 0 aromatic rings. The maximum atomic E-state index is 11.4. The van der Waals surface area contributed by atoms with Crippen molar-refractivity contribution in [2.24, 2.45) is 5.73 Å². The van der Waals surface area contributed by atoms with Gasteiger partial charge in [0.05, 0.1) is 12.1 Å². The minimum atomic E-state index is -1.45. The first-order valence-electron chi connectivity index (χ1n) is 4.46. The Morgan fingerprint density at radius 2 is 2.23 bits per heavy atom. The average molecular weight is 188 g/mol. The summed E-state index contributed by atoms with van der Waals surface area (Å²) >= 11 is 0. The lowest BCUT2D eigenvalue weighted by molar-refractivity contribution is -0.144. The van der Waals surface area contributed by atoms with Gasteiger partial charge < -0.3 is 20.8 Å². The van der Waals surface area contributed by atoms with Gasteiger partial charge in [0.15, 0.2) is 6.29 Å². The van der Waals surface area contributed by atoms with Gasteiger partial charge >= 0.3 is 0 Å². The Hall–Kier alpha value is -0.650. The molecule has 2 atom stereocenters. The van der Waals surface area contributed by atoms with Crippen LogP contribution in [0.1, 0.15) is 19.8 Å². The predicted molar refractivity (Wildman–Crippen MR) is 46.6 cm³/mol. The molecular weight excluding hydrogens is 172 g/mol. The van der Waals surface area contributed by atoms with Gasteiger partial charge in [0.25, 0.3) is 0 Å². The van der Waals surface area contributed by atoms with Crippen LogP contribution in [-0.2, 0) is 4.79 Å². The summed E-state index contributed by atoms with van der Waals surface area (Å²) in [5, 5.41) is 17.9. The van der Waals surface area contributed by atoms with E-state index in [4.69, 9.17) is 15.9 Å². The Morgan fingerprint density at radius 3 is 2.69 bits per heavy atom. The molecule has 76 valence electrons. The fraction of sp³-hybridized carbons (Fsp3) is 0.875. The van der Waals surface area contributed by atoms with E-state index in [2.05, 4.69) is 0 Å². The number of nitrogens with two attached hydrogens (primary N) is 1. The summed E-state index contributed by atoms with van der Waals surface area (Å²) < 4.78 is 0. The van der Waals surface area contributed by atoms with E-state index in [1.807, 2.05) is 0 Å². The number of carbonyl (C=O) groups is 1. The van der Waals surface area contributed by atoms with Crippen molar-refractivity contribution in [1.82, 2.24) is 4.90 Å². The molecule has 0 aromatic heterocycles. The van der Waals surface area contributed by atoms with Gasteiger partial charge in [0, 0.05) is 6.54 Å². The molecule has 0 spiro atoms. The second-order valence-corrected chi connectivity index (χ2v) is 3.44. The van der Waals surface area contributed by atoms with Gasteiger partial charge in [-0.25, -0.2) is 0 Å². The van der Waals surface area contributed by atoms with Gasteiger partial charge in [0.1, 0.15) is 0 Å². The smallest absolute Gasteiger partial charge is 0.239 e. The van der Waals surface area contributed by atoms with E-state index in [0.29, 0.717) is 13.0 Å². The van der Waals surface area contributed by atoms with Gasteiger partial charge in [-0.1, -0.05) is 0 Å². The van der Waals surface area contributed by atoms with Crippen molar-refractivity contribution in [1.29, 1.82) is 0 Å². The second kappa shape index (κ2) is 4.04. The molecule has 0 unspecified atom stereocenters. The number of likely N-dealkylation sites (tertiary alicyclic amines) is 1. The number of nitrogens with zero attached hydrogens (tertiary/aromatic N) is 1. The Morgan fingerprint density at radius 1 is 1.62 bits per heavy atom. The molecule has 1 heterocycles. The number of aliphatic hydroxyl groups excluding tert-OH is 1. The van der Waals surface area contributed by atoms with Crippen molar-refractivity contribution in [3.05, 3.63) is 0 Å². The van der Waals surface area contributed by atoms with Gasteiger partial charge in [-0.2, -0.15) is 0 Å². The van der Waals surface area contributed by atoms with Crippen LogP contribution in [0.4, 0.5) is 0 Å². The number of hydrogen-bond acceptors (Lipinski definition) is 4. The van der Waals surface area contributed by atoms with Gasteiger partial charge in [-0.05, 0) is 19.8 Å². The Bertz CT molecular complexity index is 194. The molecule has 0 aliphatic carbocycles. The molecule has 1 saturated heterocycles. The van der Waals surface area contributed by atoms with Crippen molar-refractivity contribution in [2.45, 2.75) is 38.1 Å². The molecule has 0 bridgehead atoms. The monoisotopic (exact) mass is 188 g/mol. The maximum Gasteiger partial charge on any atom is 0.239 e. The fourth-order valence-electron chi connectivity index (χ4n) is 1.64. The van der Waals surface area contributed by atoms with E-state index in [9.17, 15) is 4.79 Å². The van der Waals surface area contributed by atoms with E-state index in [0.717, 1.165) is 6.42 Å². The Labute approximate surface area is 77.1 Å². The van der Waals surface area contributed by atoms with Crippen molar-refractivity contribution in [3.63, 3.8) is 0 Å². The molecule has 0 aromatic carbocycles. The lowest BCUT2D eigenvalue weighted by Gasteiger charge is -2.27. The molecule has 0 radical (unpaired) electrons. The van der Waals surface area contributed by atoms with E-state index >= 15 is 0 Å². The van der Waals surface area contributed by atoms with Crippen LogP contribution in [0.2, 0.25) is 0 Å². The second-order valence-electron chi connectivity index (χ2n) is 3.44. The van der Waals surface area contributed by atoms with Crippen molar-refractivity contribution in [3.8, 4) is 0 Å². The molecule has 0 saturated carbocycles. The van der Waals surface area contributed by atoms with Gasteiger partial charge in [0.2, 0.25) is 5.91 Å². The largest absolute Gasteiger partial charge is 0.366 e. The average Bonchev–Trinajstić information content (AvgIpc) is 2.50. The summed E-state index contributed by atoms with van der Waals surface area (Å²) in [6, 6.07) is -1.04. The molecule has 1 fully saturated rings. The quantitative estimate of drug-likeness (QED) is 0.467. The third-order valence-electron chi connectivity index (χ3n) is 2.32. The molecule has 1 rings (SSSR count). The third-order valence-corrected chi connectivity index (χ3v) is 2.32. The number of hydrogen-bond donors (Lipinski definition) is 3. The molecule has 13 heavy (non-hydrogen) atoms. The zero-order valence-electron chi connectivity index (χ0n) is 7.68. The van der Waals surface area contributed by atoms with Crippen LogP contribution in [0.3, 0.4) is 0 Å². The Kier molecular flexibility index (Phi) is 3.24. The first kappa shape index (κ1) is 10.4. The summed E-state index contributed by atoms with van der Waals surface area (Å²) in [6.07, 6.45) is -0.0122. The number of rotatable bonds is 2. The molecule has 1 amide bonds. The lowest BCUT2D eigenvalue weighted by Crippen LogP contribution is -2.48. The van der Waals surface area contributed by atoms with Crippen molar-refractivity contribution >= 4 is 5.91 Å². The number of carbonyl (C=O) groups excluding carboxylic acids is 1. The summed E-state index contributed by atoms with van der Waals surface area (Å²) in [7, 11) is 0. The van der Waals surface area contributed by atoms with Crippen LogP contribution >= 0.6 is 0 Å². The van der Waals surface area contributed by atoms with Crippen LogP contribution in [0.15, 0.2) is 0 Å². The van der Waals surface area contributed by atoms with Crippen LogP contribution in [0.5, 0.6) is 0 Å². The zero-order valence-corrected chi connectivity index (χ0v) is 7.68. The minimum Gasteiger partial charge on any atom is -0.366 e. The molecule has 4 N–H and O–H groups in total. The fourth-order valence-corrected chi connectivity index (χ4v) is 1.64. The van der Waals surface area contributed by atoms with Crippen molar-refractivity contribution < 1.29 is 15.0 Å². The normalized spacial score (nSPS) is 25.3. The molecule has 1 aliphatic rings. The zero-order chi connectivity index (χ0) is 10.0. The van der Waals surface area contributed by atoms with Gasteiger partial charge in [-0.15, -0.1) is 0 Å². The first-order valence-corrected chi connectivity index (χ1v) is 4.46. The van der Waals surface area contributed by atoms with Crippen LogP contribution in [-0.4, -0.2) is 45.9 Å². The van der Waals surface area contributed by atoms with E-state index < -0.39 is 18.4 Å². The summed E-state index contributed by atoms with van der Waals surface area (Å²) in [6.45, 7) is 2.17. The Balaban J connectivity index is 2.63. The standard InChI is InChI=1S/C8H16N2O3/c1-5(9)7(11)10-4-2-3-6(10)8(12)13/h5-6,8,12-13H,2-4,9H2,1H3/t5-,6-/m0/s1. The highest BCUT2D eigenvalue weighted by Gasteiger charge is 2.33. The lowest BCUT2D eigenvalue weighted by atomic mass is 10.2. The van der Waals surface area contributed by atoms with E-state index in [1.54, 1.807) is 6.92 Å². The first-order chi connectivity index (χ1) is 6.04. The SMILES string of the molecule is C[C@H](N)C(=O)N1CCC[C@H]1C(O)O. The van der Waals surface area contributed by atoms with Crippen molar-refractivity contribution in [2.75, 3.05) is 6.54 Å². The van der Waals surface area contributed by atoms with E-state index in [1.165, 1.54) is 4.90 Å². The minimum absolute atomic E-state index is 0.212. The van der Waals surface area contributed by atoms with Gasteiger partial charge in [-0.3, -0.25) is 4.79 Å². The van der Waals surface area contributed by atoms with Crippen LogP contribution in [0.25, 0.3) is 0 Å². The summed E-state index contributed by atoms with van der Waals surface area (Å²) in [4.78, 5) is 12.9. The topological polar surface area (TPSA) is 86.8 Å². The third kappa shape index (κ3) is 2.18. The summed E-state index contributed by atoms with van der Waals surface area (Å²) in [5.41, 5.74) is 5.42. The van der Waals surface area contributed by atoms with Crippen LogP contribution in [0, 0.1) is 0 Å².